The smallest absolute Gasteiger partial charge is 0.423 e. The van der Waals surface area contributed by atoms with Gasteiger partial charge in [0.1, 0.15) is 0 Å². The van der Waals surface area contributed by atoms with Crippen molar-refractivity contribution in [1.82, 2.24) is 0 Å². The highest BCUT2D eigenvalue weighted by molar-refractivity contribution is 7.88. The Morgan fingerprint density at radius 3 is 1.77 bits per heavy atom. The van der Waals surface area contributed by atoms with Gasteiger partial charge < -0.3 is 4.55 Å². The van der Waals surface area contributed by atoms with Crippen molar-refractivity contribution >= 4 is 20.2 Å². The van der Waals surface area contributed by atoms with Crippen molar-refractivity contribution in [3.8, 4) is 0 Å². The van der Waals surface area contributed by atoms with Crippen LogP contribution in [0.15, 0.2) is 0 Å². The van der Waals surface area contributed by atoms with Crippen LogP contribution in [0.3, 0.4) is 0 Å². The van der Waals surface area contributed by atoms with E-state index in [0.29, 0.717) is 19.3 Å². The van der Waals surface area contributed by atoms with Gasteiger partial charge in [-0.1, -0.05) is 19.3 Å². The summed E-state index contributed by atoms with van der Waals surface area (Å²) in [4.78, 5) is 0. The molecule has 0 aromatic rings. The average molecular weight is 375 g/mol. The number of alkyl halides is 5. The van der Waals surface area contributed by atoms with E-state index in [0.717, 1.165) is 0 Å². The number of halogens is 5. The minimum Gasteiger partial charge on any atom is -0.743 e. The third-order valence-electron chi connectivity index (χ3n) is 3.13. The zero-order valence-corrected chi connectivity index (χ0v) is 12.5. The number of rotatable bonds is 5. The van der Waals surface area contributed by atoms with E-state index in [1.807, 2.05) is 0 Å². The van der Waals surface area contributed by atoms with Crippen molar-refractivity contribution in [2.75, 3.05) is 0 Å². The van der Waals surface area contributed by atoms with Crippen LogP contribution in [0.4, 0.5) is 22.0 Å². The lowest BCUT2D eigenvalue weighted by Crippen LogP contribution is -2.53. The van der Waals surface area contributed by atoms with Gasteiger partial charge in [-0.05, 0) is 12.8 Å². The summed E-state index contributed by atoms with van der Waals surface area (Å²) in [6.07, 6.45) is -9.51. The van der Waals surface area contributed by atoms with Crippen molar-refractivity contribution in [1.29, 1.82) is 0 Å². The van der Waals surface area contributed by atoms with Crippen molar-refractivity contribution in [3.63, 3.8) is 0 Å². The first-order valence-electron chi connectivity index (χ1n) is 6.01. The Bertz CT molecular complexity index is 590. The van der Waals surface area contributed by atoms with Crippen molar-refractivity contribution in [3.05, 3.63) is 0 Å². The highest BCUT2D eigenvalue weighted by Gasteiger charge is 2.63. The molecule has 0 heterocycles. The quantitative estimate of drug-likeness (QED) is 0.412. The Kier molecular flexibility index (Phi) is 5.47. The predicted octanol–water partition coefficient (Wildman–Crippen LogP) is 1.73. The predicted molar refractivity (Wildman–Crippen MR) is 61.4 cm³/mol. The van der Waals surface area contributed by atoms with Crippen LogP contribution in [0, 0.1) is 0 Å². The molecule has 132 valence electrons. The van der Waals surface area contributed by atoms with Gasteiger partial charge in [0.15, 0.2) is 10.1 Å². The summed E-state index contributed by atoms with van der Waals surface area (Å²) < 4.78 is 122. The molecular weight excluding hydrogens is 363 g/mol. The van der Waals surface area contributed by atoms with Crippen LogP contribution < -0.4 is 0 Å². The van der Waals surface area contributed by atoms with E-state index in [-0.39, 0.29) is 12.8 Å². The minimum absolute atomic E-state index is 0.0946. The highest BCUT2D eigenvalue weighted by atomic mass is 32.2. The second-order valence-electron chi connectivity index (χ2n) is 4.79. The fourth-order valence-corrected chi connectivity index (χ4v) is 4.07. The second-order valence-corrected chi connectivity index (χ2v) is 8.08. The fraction of sp³-hybridized carbons (Fsp3) is 1.00. The van der Waals surface area contributed by atoms with Gasteiger partial charge in [-0.3, -0.25) is 0 Å². The van der Waals surface area contributed by atoms with Gasteiger partial charge in [0.25, 0.3) is 10.1 Å². The van der Waals surface area contributed by atoms with Crippen molar-refractivity contribution in [2.45, 2.75) is 54.9 Å². The first kappa shape index (κ1) is 19.5. The van der Waals surface area contributed by atoms with Crippen LogP contribution in [0.25, 0.3) is 0 Å². The molecular formula is C9H12F5O6S2-. The molecule has 22 heavy (non-hydrogen) atoms. The van der Waals surface area contributed by atoms with Gasteiger partial charge in [-0.15, -0.1) is 0 Å². The molecule has 0 radical (unpaired) electrons. The molecule has 1 aliphatic carbocycles. The summed E-state index contributed by atoms with van der Waals surface area (Å²) in [6.45, 7) is 0. The summed E-state index contributed by atoms with van der Waals surface area (Å²) in [5.74, 6) is 0. The lowest BCUT2D eigenvalue weighted by molar-refractivity contribution is -0.238. The van der Waals surface area contributed by atoms with Crippen LogP contribution in [-0.4, -0.2) is 44.2 Å². The summed E-state index contributed by atoms with van der Waals surface area (Å²) in [6, 6.07) is 0. The largest absolute Gasteiger partial charge is 0.743 e. The molecule has 0 saturated heterocycles. The van der Waals surface area contributed by atoms with Gasteiger partial charge >= 0.3 is 11.4 Å². The minimum atomic E-state index is -6.78. The third-order valence-corrected chi connectivity index (χ3v) is 5.76. The topological polar surface area (TPSA) is 101 Å². The molecule has 0 N–H and O–H groups in total. The van der Waals surface area contributed by atoms with Crippen molar-refractivity contribution < 1.29 is 47.5 Å². The maximum Gasteiger partial charge on any atom is 0.423 e. The molecule has 1 rings (SSSR count). The van der Waals surface area contributed by atoms with Gasteiger partial charge in [-0.2, -0.15) is 30.4 Å². The van der Waals surface area contributed by atoms with Gasteiger partial charge in [0.2, 0.25) is 6.10 Å². The second kappa shape index (κ2) is 6.17. The van der Waals surface area contributed by atoms with E-state index in [1.165, 1.54) is 0 Å². The SMILES string of the molecule is O=S(=O)(OC(C(F)(F)F)C(F)(F)S(=O)(=O)[O-])C1CCCCC1. The van der Waals surface area contributed by atoms with Gasteiger partial charge in [0, 0.05) is 0 Å². The summed E-state index contributed by atoms with van der Waals surface area (Å²) >= 11 is 0. The van der Waals surface area contributed by atoms with Gasteiger partial charge in [0.05, 0.1) is 5.25 Å². The molecule has 6 nitrogen and oxygen atoms in total. The molecule has 0 spiro atoms. The van der Waals surface area contributed by atoms with Crippen molar-refractivity contribution in [2.24, 2.45) is 0 Å². The molecule has 1 unspecified atom stereocenters. The molecule has 0 aromatic carbocycles. The zero-order valence-electron chi connectivity index (χ0n) is 10.8. The average Bonchev–Trinajstić information content (AvgIpc) is 2.34. The van der Waals surface area contributed by atoms with E-state index in [9.17, 15) is 43.3 Å². The molecule has 0 amide bonds. The van der Waals surface area contributed by atoms with Crippen LogP contribution in [-0.2, 0) is 24.4 Å². The molecule has 1 atom stereocenters. The van der Waals surface area contributed by atoms with E-state index in [2.05, 4.69) is 4.18 Å². The van der Waals surface area contributed by atoms with Crippen LogP contribution >= 0.6 is 0 Å². The van der Waals surface area contributed by atoms with E-state index >= 15 is 0 Å². The molecule has 1 saturated carbocycles. The standard InChI is InChI=1S/C9H13F5O6S2/c10-8(11,12)7(9(13,14)22(17,18)19)20-21(15,16)6-4-2-1-3-5-6/h6-7H,1-5H2,(H,17,18,19)/p-1. The van der Waals surface area contributed by atoms with E-state index < -0.39 is 43.0 Å². The number of hydrogen-bond donors (Lipinski definition) is 0. The Labute approximate surface area is 123 Å². The molecule has 0 aromatic heterocycles. The maximum atomic E-state index is 13.2. The Morgan fingerprint density at radius 1 is 0.955 bits per heavy atom. The molecule has 0 bridgehead atoms. The Hall–Kier alpha value is -0.530. The summed E-state index contributed by atoms with van der Waals surface area (Å²) in [5.41, 5.74) is 0. The van der Waals surface area contributed by atoms with E-state index in [4.69, 9.17) is 0 Å². The maximum absolute atomic E-state index is 13.2. The number of hydrogen-bond acceptors (Lipinski definition) is 6. The van der Waals surface area contributed by atoms with E-state index in [1.54, 1.807) is 0 Å². The monoisotopic (exact) mass is 375 g/mol. The van der Waals surface area contributed by atoms with Crippen LogP contribution in [0.2, 0.25) is 0 Å². The zero-order chi connectivity index (χ0) is 17.4. The van der Waals surface area contributed by atoms with Crippen LogP contribution in [0.5, 0.6) is 0 Å². The summed E-state index contributed by atoms with van der Waals surface area (Å²) in [5, 5.41) is -7.41. The Balaban J connectivity index is 3.15. The third kappa shape index (κ3) is 4.26. The molecule has 1 aliphatic rings. The first-order valence-corrected chi connectivity index (χ1v) is 8.89. The molecule has 1 fully saturated rings. The van der Waals surface area contributed by atoms with Gasteiger partial charge in [-0.25, -0.2) is 12.6 Å². The summed E-state index contributed by atoms with van der Waals surface area (Å²) in [7, 11) is -11.9. The highest BCUT2D eigenvalue weighted by Crippen LogP contribution is 2.40. The molecule has 13 heteroatoms. The lowest BCUT2D eigenvalue weighted by Gasteiger charge is -2.31. The lowest BCUT2D eigenvalue weighted by atomic mass is 10.0. The Morgan fingerprint density at radius 2 is 1.41 bits per heavy atom. The molecule has 0 aliphatic heterocycles. The first-order chi connectivity index (χ1) is 9.69. The van der Waals surface area contributed by atoms with Crippen LogP contribution in [0.1, 0.15) is 32.1 Å². The fourth-order valence-electron chi connectivity index (χ4n) is 2.00. The normalized spacial score (nSPS) is 20.8.